The fourth-order valence-electron chi connectivity index (χ4n) is 2.06. The molecule has 1 unspecified atom stereocenters. The average Bonchev–Trinajstić information content (AvgIpc) is 2.94. The molecule has 1 atom stereocenters. The lowest BCUT2D eigenvalue weighted by Crippen LogP contribution is -2.17. The summed E-state index contributed by atoms with van der Waals surface area (Å²) < 4.78 is 0. The highest BCUT2D eigenvalue weighted by Gasteiger charge is 2.09. The quantitative estimate of drug-likeness (QED) is 0.835. The molecule has 0 aliphatic heterocycles. The number of aromatic nitrogens is 1. The maximum atomic E-state index is 4.49. The van der Waals surface area contributed by atoms with Gasteiger partial charge in [0.05, 0.1) is 6.04 Å². The van der Waals surface area contributed by atoms with Crippen molar-refractivity contribution in [3.8, 4) is 0 Å². The van der Waals surface area contributed by atoms with E-state index in [4.69, 9.17) is 0 Å². The first-order valence-electron chi connectivity index (χ1n) is 7.37. The lowest BCUT2D eigenvalue weighted by Gasteiger charge is -2.12. The lowest BCUT2D eigenvalue weighted by molar-refractivity contribution is 0.571. The Bertz CT molecular complexity index is 528. The van der Waals surface area contributed by atoms with Crippen molar-refractivity contribution < 1.29 is 0 Å². The third-order valence-electron chi connectivity index (χ3n) is 3.55. The molecule has 0 saturated heterocycles. The highest BCUT2D eigenvalue weighted by molar-refractivity contribution is 7.11. The Kier molecular flexibility index (Phi) is 5.32. The second kappa shape index (κ2) is 7.00. The summed E-state index contributed by atoms with van der Waals surface area (Å²) in [5, 5.41) is 4.73. The zero-order valence-corrected chi connectivity index (χ0v) is 13.6. The average molecular weight is 288 g/mol. The molecular formula is C17H24N2S. The summed E-state index contributed by atoms with van der Waals surface area (Å²) in [7, 11) is 0. The Balaban J connectivity index is 1.91. The molecule has 1 aromatic carbocycles. The lowest BCUT2D eigenvalue weighted by atomic mass is 10.0. The maximum Gasteiger partial charge on any atom is 0.109 e. The first-order chi connectivity index (χ1) is 9.60. The van der Waals surface area contributed by atoms with Gasteiger partial charge in [0.25, 0.3) is 0 Å². The van der Waals surface area contributed by atoms with Gasteiger partial charge < -0.3 is 5.32 Å². The normalized spacial score (nSPS) is 12.8. The van der Waals surface area contributed by atoms with Gasteiger partial charge in [-0.25, -0.2) is 4.98 Å². The third-order valence-corrected chi connectivity index (χ3v) is 4.87. The first kappa shape index (κ1) is 15.2. The summed E-state index contributed by atoms with van der Waals surface area (Å²) in [5.74, 6) is 0.596. The molecule has 0 saturated carbocycles. The minimum atomic E-state index is 0.310. The van der Waals surface area contributed by atoms with E-state index in [1.54, 1.807) is 0 Å². The van der Waals surface area contributed by atoms with Crippen molar-refractivity contribution in [2.24, 2.45) is 0 Å². The van der Waals surface area contributed by atoms with Crippen molar-refractivity contribution >= 4 is 11.3 Å². The van der Waals surface area contributed by atoms with Gasteiger partial charge in [-0.2, -0.15) is 0 Å². The summed E-state index contributed by atoms with van der Waals surface area (Å²) in [5.41, 5.74) is 2.72. The maximum absolute atomic E-state index is 4.49. The Labute approximate surface area is 126 Å². The van der Waals surface area contributed by atoms with Gasteiger partial charge in [0.1, 0.15) is 5.01 Å². The molecule has 2 rings (SSSR count). The third kappa shape index (κ3) is 3.90. The molecule has 1 heterocycles. The molecule has 0 spiro atoms. The Morgan fingerprint density at radius 1 is 1.15 bits per heavy atom. The van der Waals surface area contributed by atoms with Crippen LogP contribution in [0.15, 0.2) is 30.5 Å². The van der Waals surface area contributed by atoms with Crippen LogP contribution in [0.1, 0.15) is 60.7 Å². The predicted octanol–water partition coefficient (Wildman–Crippen LogP) is 4.68. The molecule has 20 heavy (non-hydrogen) atoms. The van der Waals surface area contributed by atoms with E-state index in [0.29, 0.717) is 12.0 Å². The molecule has 2 aromatic rings. The van der Waals surface area contributed by atoms with E-state index in [1.807, 2.05) is 17.5 Å². The summed E-state index contributed by atoms with van der Waals surface area (Å²) in [6, 6.07) is 9.20. The highest BCUT2D eigenvalue weighted by atomic mass is 32.1. The van der Waals surface area contributed by atoms with Gasteiger partial charge >= 0.3 is 0 Å². The van der Waals surface area contributed by atoms with E-state index in [9.17, 15) is 0 Å². The molecule has 3 heteroatoms. The second-order valence-electron chi connectivity index (χ2n) is 5.52. The van der Waals surface area contributed by atoms with E-state index >= 15 is 0 Å². The molecule has 1 N–H and O–H groups in total. The van der Waals surface area contributed by atoms with Gasteiger partial charge in [0.2, 0.25) is 0 Å². The van der Waals surface area contributed by atoms with Gasteiger partial charge in [-0.05, 0) is 30.4 Å². The second-order valence-corrected chi connectivity index (χ2v) is 6.66. The minimum Gasteiger partial charge on any atom is -0.304 e. The van der Waals surface area contributed by atoms with Crippen molar-refractivity contribution in [3.63, 3.8) is 0 Å². The van der Waals surface area contributed by atoms with Crippen molar-refractivity contribution in [2.75, 3.05) is 0 Å². The molecule has 2 nitrogen and oxygen atoms in total. The molecule has 0 amide bonds. The minimum absolute atomic E-state index is 0.310. The van der Waals surface area contributed by atoms with Crippen LogP contribution in [0, 0.1) is 0 Å². The molecule has 108 valence electrons. The van der Waals surface area contributed by atoms with Gasteiger partial charge in [0.15, 0.2) is 0 Å². The fraction of sp³-hybridized carbons (Fsp3) is 0.471. The number of hydrogen-bond acceptors (Lipinski definition) is 3. The van der Waals surface area contributed by atoms with Crippen LogP contribution in [0.5, 0.6) is 0 Å². The van der Waals surface area contributed by atoms with E-state index in [-0.39, 0.29) is 0 Å². The molecule has 0 aliphatic carbocycles. The summed E-state index contributed by atoms with van der Waals surface area (Å²) >= 11 is 1.81. The Morgan fingerprint density at radius 2 is 1.85 bits per heavy atom. The zero-order valence-electron chi connectivity index (χ0n) is 12.8. The largest absolute Gasteiger partial charge is 0.304 e. The summed E-state index contributed by atoms with van der Waals surface area (Å²) in [6.45, 7) is 9.69. The number of rotatable bonds is 6. The number of nitrogens with zero attached hydrogens (tertiary/aromatic N) is 1. The number of nitrogens with one attached hydrogen (secondary N) is 1. The van der Waals surface area contributed by atoms with Gasteiger partial charge in [0, 0.05) is 17.6 Å². The van der Waals surface area contributed by atoms with Crippen LogP contribution in [-0.2, 0) is 13.0 Å². The highest BCUT2D eigenvalue weighted by Crippen LogP contribution is 2.21. The van der Waals surface area contributed by atoms with E-state index in [0.717, 1.165) is 13.0 Å². The molecule has 0 radical (unpaired) electrons. The van der Waals surface area contributed by atoms with Crippen LogP contribution in [0.4, 0.5) is 0 Å². The van der Waals surface area contributed by atoms with Gasteiger partial charge in [-0.3, -0.25) is 0 Å². The van der Waals surface area contributed by atoms with Crippen molar-refractivity contribution in [3.05, 3.63) is 51.5 Å². The van der Waals surface area contributed by atoms with Crippen molar-refractivity contribution in [1.82, 2.24) is 10.3 Å². The number of hydrogen-bond donors (Lipinski definition) is 1. The number of benzene rings is 1. The molecule has 1 aromatic heterocycles. The van der Waals surface area contributed by atoms with Crippen LogP contribution in [-0.4, -0.2) is 4.98 Å². The smallest absolute Gasteiger partial charge is 0.109 e. The zero-order chi connectivity index (χ0) is 14.5. The van der Waals surface area contributed by atoms with Crippen LogP contribution >= 0.6 is 11.3 Å². The van der Waals surface area contributed by atoms with Crippen LogP contribution in [0.3, 0.4) is 0 Å². The number of thiazole rings is 1. The summed E-state index contributed by atoms with van der Waals surface area (Å²) in [4.78, 5) is 5.85. The standard InChI is InChI=1S/C17H24N2S/c1-5-16-11-19-17(20-16)13(4)18-10-14-6-8-15(9-7-14)12(2)3/h6-9,11-13,18H,5,10H2,1-4H3. The Hall–Kier alpha value is -1.19. The molecule has 0 aliphatic rings. The van der Waals surface area contributed by atoms with Crippen molar-refractivity contribution in [2.45, 2.75) is 52.6 Å². The van der Waals surface area contributed by atoms with Gasteiger partial charge in [-0.1, -0.05) is 45.0 Å². The molecular weight excluding hydrogens is 264 g/mol. The van der Waals surface area contributed by atoms with Crippen LogP contribution in [0.25, 0.3) is 0 Å². The monoisotopic (exact) mass is 288 g/mol. The van der Waals surface area contributed by atoms with Crippen LogP contribution < -0.4 is 5.32 Å². The van der Waals surface area contributed by atoms with Crippen LogP contribution in [0.2, 0.25) is 0 Å². The number of aryl methyl sites for hydroxylation is 1. The first-order valence-corrected chi connectivity index (χ1v) is 8.18. The van der Waals surface area contributed by atoms with Gasteiger partial charge in [-0.15, -0.1) is 11.3 Å². The predicted molar refractivity (Wildman–Crippen MR) is 87.3 cm³/mol. The Morgan fingerprint density at radius 3 is 2.40 bits per heavy atom. The van der Waals surface area contributed by atoms with E-state index in [2.05, 4.69) is 62.3 Å². The van der Waals surface area contributed by atoms with E-state index in [1.165, 1.54) is 21.0 Å². The summed E-state index contributed by atoms with van der Waals surface area (Å²) in [6.07, 6.45) is 3.07. The van der Waals surface area contributed by atoms with Crippen molar-refractivity contribution in [1.29, 1.82) is 0 Å². The van der Waals surface area contributed by atoms with E-state index < -0.39 is 0 Å². The SMILES string of the molecule is CCc1cnc(C(C)NCc2ccc(C(C)C)cc2)s1. The molecule has 0 bridgehead atoms. The fourth-order valence-corrected chi connectivity index (χ4v) is 2.95. The topological polar surface area (TPSA) is 24.9 Å². The molecule has 0 fully saturated rings.